The van der Waals surface area contributed by atoms with Crippen molar-refractivity contribution < 1.29 is 14.0 Å². The van der Waals surface area contributed by atoms with Crippen molar-refractivity contribution in [2.24, 2.45) is 0 Å². The second-order valence-corrected chi connectivity index (χ2v) is 8.11. The molecule has 0 saturated carbocycles. The second kappa shape index (κ2) is 8.73. The van der Waals surface area contributed by atoms with Gasteiger partial charge in [-0.05, 0) is 42.3 Å². The average molecular weight is 438 g/mol. The molecule has 2 amide bonds. The van der Waals surface area contributed by atoms with E-state index in [1.165, 1.54) is 36.0 Å². The SMILES string of the molecule is Cc1ccccc1CSc1nc2c(c(=O)[nH]1)[C@H](C(=O)Nc1ccc(F)cc1)CC(=O)N2. The molecule has 1 aliphatic rings. The van der Waals surface area contributed by atoms with Gasteiger partial charge in [0.25, 0.3) is 5.56 Å². The molecule has 0 saturated heterocycles. The maximum Gasteiger partial charge on any atom is 0.257 e. The fraction of sp³-hybridized carbons (Fsp3) is 0.182. The summed E-state index contributed by atoms with van der Waals surface area (Å²) in [6, 6.07) is 13.1. The minimum atomic E-state index is -1.000. The Bertz CT molecular complexity index is 1210. The predicted octanol–water partition coefficient (Wildman–Crippen LogP) is 3.57. The molecule has 0 spiro atoms. The van der Waals surface area contributed by atoms with Crippen LogP contribution in [0.5, 0.6) is 0 Å². The first-order valence-corrected chi connectivity index (χ1v) is 10.6. The third-order valence-corrected chi connectivity index (χ3v) is 5.91. The van der Waals surface area contributed by atoms with Gasteiger partial charge >= 0.3 is 0 Å². The van der Waals surface area contributed by atoms with E-state index >= 15 is 0 Å². The van der Waals surface area contributed by atoms with Gasteiger partial charge in [-0.15, -0.1) is 0 Å². The van der Waals surface area contributed by atoms with Crippen LogP contribution >= 0.6 is 11.8 Å². The molecule has 2 heterocycles. The van der Waals surface area contributed by atoms with E-state index in [9.17, 15) is 18.8 Å². The topological polar surface area (TPSA) is 104 Å². The van der Waals surface area contributed by atoms with E-state index in [1.807, 2.05) is 31.2 Å². The van der Waals surface area contributed by atoms with E-state index in [2.05, 4.69) is 20.6 Å². The number of carbonyl (C=O) groups is 2. The van der Waals surface area contributed by atoms with E-state index in [0.717, 1.165) is 11.1 Å². The molecule has 1 aromatic heterocycles. The molecule has 9 heteroatoms. The molecule has 31 heavy (non-hydrogen) atoms. The number of hydrogen-bond acceptors (Lipinski definition) is 5. The van der Waals surface area contributed by atoms with Crippen LogP contribution in [0.25, 0.3) is 0 Å². The highest BCUT2D eigenvalue weighted by Crippen LogP contribution is 2.31. The van der Waals surface area contributed by atoms with Crippen molar-refractivity contribution in [1.82, 2.24) is 9.97 Å². The summed E-state index contributed by atoms with van der Waals surface area (Å²) in [4.78, 5) is 44.8. The number of benzene rings is 2. The Morgan fingerprint density at radius 3 is 2.68 bits per heavy atom. The zero-order chi connectivity index (χ0) is 22.0. The molecule has 3 N–H and O–H groups in total. The first-order valence-electron chi connectivity index (χ1n) is 9.58. The van der Waals surface area contributed by atoms with Crippen LogP contribution in [-0.2, 0) is 15.3 Å². The number of nitrogens with one attached hydrogen (secondary N) is 3. The summed E-state index contributed by atoms with van der Waals surface area (Å²) >= 11 is 1.34. The lowest BCUT2D eigenvalue weighted by atomic mass is 9.92. The Labute approximate surface area is 181 Å². The Morgan fingerprint density at radius 2 is 1.94 bits per heavy atom. The number of rotatable bonds is 5. The molecule has 0 radical (unpaired) electrons. The lowest BCUT2D eigenvalue weighted by Crippen LogP contribution is -2.36. The van der Waals surface area contributed by atoms with Crippen molar-refractivity contribution in [2.75, 3.05) is 10.6 Å². The summed E-state index contributed by atoms with van der Waals surface area (Å²) in [5, 5.41) is 5.57. The normalized spacial score (nSPS) is 15.2. The van der Waals surface area contributed by atoms with E-state index in [4.69, 9.17) is 0 Å². The lowest BCUT2D eigenvalue weighted by Gasteiger charge is -2.23. The van der Waals surface area contributed by atoms with Gasteiger partial charge in [0.2, 0.25) is 11.8 Å². The van der Waals surface area contributed by atoms with Gasteiger partial charge < -0.3 is 15.6 Å². The fourth-order valence-electron chi connectivity index (χ4n) is 3.32. The van der Waals surface area contributed by atoms with Gasteiger partial charge in [-0.2, -0.15) is 0 Å². The van der Waals surface area contributed by atoms with Crippen LogP contribution in [0.4, 0.5) is 15.9 Å². The number of aromatic amines is 1. The van der Waals surface area contributed by atoms with Gasteiger partial charge in [0.05, 0.1) is 11.5 Å². The highest BCUT2D eigenvalue weighted by atomic mass is 32.2. The molecule has 0 aliphatic carbocycles. The number of carbonyl (C=O) groups excluding carboxylic acids is 2. The molecule has 1 atom stereocenters. The number of aryl methyl sites for hydroxylation is 1. The first kappa shape index (κ1) is 20.8. The van der Waals surface area contributed by atoms with Crippen LogP contribution in [-0.4, -0.2) is 21.8 Å². The smallest absolute Gasteiger partial charge is 0.257 e. The minimum absolute atomic E-state index is 0.0894. The van der Waals surface area contributed by atoms with Crippen LogP contribution in [0.1, 0.15) is 29.0 Å². The molecule has 0 fully saturated rings. The Balaban J connectivity index is 1.58. The Kier molecular flexibility index (Phi) is 5.85. The van der Waals surface area contributed by atoms with E-state index in [0.29, 0.717) is 16.6 Å². The fourth-order valence-corrected chi connectivity index (χ4v) is 4.26. The Morgan fingerprint density at radius 1 is 1.19 bits per heavy atom. The minimum Gasteiger partial charge on any atom is -0.326 e. The molecule has 3 aromatic rings. The molecule has 0 unspecified atom stereocenters. The molecule has 158 valence electrons. The molecule has 4 rings (SSSR count). The summed E-state index contributed by atoms with van der Waals surface area (Å²) in [6.07, 6.45) is -0.180. The van der Waals surface area contributed by atoms with Gasteiger partial charge in [-0.25, -0.2) is 9.37 Å². The Hall–Kier alpha value is -3.46. The summed E-state index contributed by atoms with van der Waals surface area (Å²) in [5.41, 5.74) is 2.24. The van der Waals surface area contributed by atoms with Gasteiger partial charge in [0, 0.05) is 17.9 Å². The number of nitrogens with zero attached hydrogens (tertiary/aromatic N) is 1. The van der Waals surface area contributed by atoms with Crippen molar-refractivity contribution in [3.8, 4) is 0 Å². The third-order valence-electron chi connectivity index (χ3n) is 4.98. The van der Waals surface area contributed by atoms with Crippen LogP contribution in [0.3, 0.4) is 0 Å². The number of anilines is 2. The number of aromatic nitrogens is 2. The zero-order valence-electron chi connectivity index (χ0n) is 16.6. The number of halogens is 1. The summed E-state index contributed by atoms with van der Waals surface area (Å²) in [6.45, 7) is 2.00. The number of H-pyrrole nitrogens is 1. The van der Waals surface area contributed by atoms with Gasteiger partial charge in [-0.3, -0.25) is 14.4 Å². The molecule has 0 bridgehead atoms. The number of fused-ring (bicyclic) bond motifs is 1. The van der Waals surface area contributed by atoms with Gasteiger partial charge in [0.15, 0.2) is 5.16 Å². The number of hydrogen-bond donors (Lipinski definition) is 3. The van der Waals surface area contributed by atoms with E-state index in [-0.39, 0.29) is 17.8 Å². The van der Waals surface area contributed by atoms with E-state index in [1.54, 1.807) is 0 Å². The maximum absolute atomic E-state index is 13.1. The zero-order valence-corrected chi connectivity index (χ0v) is 17.4. The average Bonchev–Trinajstić information content (AvgIpc) is 2.74. The highest BCUT2D eigenvalue weighted by molar-refractivity contribution is 7.98. The van der Waals surface area contributed by atoms with Crippen molar-refractivity contribution in [2.45, 2.75) is 30.2 Å². The summed E-state index contributed by atoms with van der Waals surface area (Å²) in [7, 11) is 0. The summed E-state index contributed by atoms with van der Waals surface area (Å²) in [5.74, 6) is -1.68. The molecular weight excluding hydrogens is 419 g/mol. The van der Waals surface area contributed by atoms with Crippen molar-refractivity contribution in [3.05, 3.63) is 81.4 Å². The van der Waals surface area contributed by atoms with Crippen LogP contribution in [0.15, 0.2) is 58.5 Å². The van der Waals surface area contributed by atoms with Gasteiger partial charge in [-0.1, -0.05) is 36.0 Å². The monoisotopic (exact) mass is 438 g/mol. The molecule has 1 aliphatic heterocycles. The maximum atomic E-state index is 13.1. The lowest BCUT2D eigenvalue weighted by molar-refractivity contribution is -0.123. The molecular formula is C22H19FN4O3S. The van der Waals surface area contributed by atoms with Crippen LogP contribution < -0.4 is 16.2 Å². The number of amides is 2. The van der Waals surface area contributed by atoms with Crippen molar-refractivity contribution in [3.63, 3.8) is 0 Å². The second-order valence-electron chi connectivity index (χ2n) is 7.15. The van der Waals surface area contributed by atoms with Gasteiger partial charge in [0.1, 0.15) is 11.6 Å². The van der Waals surface area contributed by atoms with Crippen LogP contribution in [0.2, 0.25) is 0 Å². The quantitative estimate of drug-likeness (QED) is 0.417. The van der Waals surface area contributed by atoms with E-state index < -0.39 is 29.1 Å². The molecule has 7 nitrogen and oxygen atoms in total. The third kappa shape index (κ3) is 4.66. The predicted molar refractivity (Wildman–Crippen MR) is 117 cm³/mol. The largest absolute Gasteiger partial charge is 0.326 e. The first-order chi connectivity index (χ1) is 14.9. The van der Waals surface area contributed by atoms with Crippen molar-refractivity contribution >= 4 is 35.1 Å². The van der Waals surface area contributed by atoms with Crippen molar-refractivity contribution in [1.29, 1.82) is 0 Å². The number of thioether (sulfide) groups is 1. The van der Waals surface area contributed by atoms with Crippen LogP contribution in [0, 0.1) is 12.7 Å². The summed E-state index contributed by atoms with van der Waals surface area (Å²) < 4.78 is 13.1. The molecule has 2 aromatic carbocycles. The standard InChI is InChI=1S/C22H19FN4O3S/c1-12-4-2-3-5-13(12)11-31-22-26-19-18(21(30)27-22)16(10-17(28)25-19)20(29)24-15-8-6-14(23)7-9-15/h2-9,16H,10-11H2,1H3,(H,24,29)(H2,25,26,27,28,30)/t16-/m1/s1. The highest BCUT2D eigenvalue weighted by Gasteiger charge is 2.34.